The normalized spacial score (nSPS) is 10.2. The van der Waals surface area contributed by atoms with Gasteiger partial charge in [0.25, 0.3) is 0 Å². The summed E-state index contributed by atoms with van der Waals surface area (Å²) in [5, 5.41) is 2.50. The fourth-order valence-corrected chi connectivity index (χ4v) is 2.16. The van der Waals surface area contributed by atoms with Crippen LogP contribution in [0, 0.1) is 0 Å². The quantitative estimate of drug-likeness (QED) is 0.754. The number of rotatable bonds is 5. The van der Waals surface area contributed by atoms with Gasteiger partial charge >= 0.3 is 0 Å². The van der Waals surface area contributed by atoms with Crippen LogP contribution in [0.2, 0.25) is 0 Å². The van der Waals surface area contributed by atoms with E-state index in [1.807, 2.05) is 54.6 Å². The number of nitrogens with one attached hydrogen (secondary N) is 1. The van der Waals surface area contributed by atoms with Gasteiger partial charge in [-0.1, -0.05) is 48.5 Å². The molecule has 6 nitrogen and oxygen atoms in total. The number of carbonyl (C=O) groups is 1. The lowest BCUT2D eigenvalue weighted by atomic mass is 10.1. The van der Waals surface area contributed by atoms with E-state index in [4.69, 9.17) is 10.5 Å². The molecule has 0 aliphatic carbocycles. The smallest absolute Gasteiger partial charge is 0.240 e. The first kappa shape index (κ1) is 15.6. The number of benzene rings is 2. The maximum absolute atomic E-state index is 11.3. The maximum atomic E-state index is 11.3. The van der Waals surface area contributed by atoms with Gasteiger partial charge in [0, 0.05) is 17.8 Å². The summed E-state index contributed by atoms with van der Waals surface area (Å²) in [6.07, 6.45) is 1.51. The monoisotopic (exact) mass is 320 g/mol. The average molecular weight is 320 g/mol. The van der Waals surface area contributed by atoms with Crippen LogP contribution in [-0.4, -0.2) is 22.4 Å². The molecule has 0 unspecified atom stereocenters. The second-order valence-corrected chi connectivity index (χ2v) is 4.94. The molecule has 0 radical (unpaired) electrons. The molecular weight excluding hydrogens is 304 g/mol. The highest BCUT2D eigenvalue weighted by Gasteiger charge is 2.09. The van der Waals surface area contributed by atoms with Crippen molar-refractivity contribution in [3.63, 3.8) is 0 Å². The molecule has 0 fully saturated rings. The van der Waals surface area contributed by atoms with E-state index in [1.54, 1.807) is 6.07 Å². The van der Waals surface area contributed by atoms with Gasteiger partial charge in [-0.3, -0.25) is 10.1 Å². The highest BCUT2D eigenvalue weighted by atomic mass is 16.5. The summed E-state index contributed by atoms with van der Waals surface area (Å²) in [7, 11) is 0. The van der Waals surface area contributed by atoms with Crippen LogP contribution in [0.1, 0.15) is 0 Å². The number of hydrogen-bond donors (Lipinski definition) is 2. The van der Waals surface area contributed by atoms with Crippen molar-refractivity contribution >= 4 is 11.9 Å². The summed E-state index contributed by atoms with van der Waals surface area (Å²) in [6.45, 7) is -0.134. The highest BCUT2D eigenvalue weighted by Crippen LogP contribution is 2.32. The van der Waals surface area contributed by atoms with E-state index in [0.29, 0.717) is 11.6 Å². The minimum Gasteiger partial charge on any atom is -0.438 e. The van der Waals surface area contributed by atoms with Gasteiger partial charge in [-0.05, 0) is 11.6 Å². The second kappa shape index (κ2) is 7.34. The Kier molecular flexibility index (Phi) is 4.78. The molecule has 120 valence electrons. The summed E-state index contributed by atoms with van der Waals surface area (Å²) in [4.78, 5) is 19.5. The van der Waals surface area contributed by atoms with E-state index in [9.17, 15) is 4.79 Å². The third-order valence-corrected chi connectivity index (χ3v) is 3.25. The Hall–Kier alpha value is -3.25. The second-order valence-electron chi connectivity index (χ2n) is 4.94. The SMILES string of the molecule is NCC(=O)Nc1nccc(Oc2ccccc2-c2ccccc2)n1. The molecule has 1 amide bonds. The zero-order valence-electron chi connectivity index (χ0n) is 12.8. The third-order valence-electron chi connectivity index (χ3n) is 3.25. The number of carbonyl (C=O) groups excluding carboxylic acids is 1. The van der Waals surface area contributed by atoms with Gasteiger partial charge in [0.15, 0.2) is 0 Å². The first-order valence-electron chi connectivity index (χ1n) is 7.41. The molecule has 3 rings (SSSR count). The summed E-state index contributed by atoms with van der Waals surface area (Å²) < 4.78 is 5.89. The van der Waals surface area contributed by atoms with E-state index in [2.05, 4.69) is 15.3 Å². The van der Waals surface area contributed by atoms with Crippen molar-refractivity contribution in [2.75, 3.05) is 11.9 Å². The van der Waals surface area contributed by atoms with Crippen LogP contribution >= 0.6 is 0 Å². The molecule has 1 aromatic heterocycles. The van der Waals surface area contributed by atoms with Gasteiger partial charge in [-0.2, -0.15) is 4.98 Å². The standard InChI is InChI=1S/C18H16N4O2/c19-12-16(23)21-18-20-11-10-17(22-18)24-15-9-5-4-8-14(15)13-6-2-1-3-7-13/h1-11H,12,19H2,(H,20,21,22,23). The number of nitrogens with two attached hydrogens (primary N) is 1. The molecule has 3 N–H and O–H groups in total. The van der Waals surface area contributed by atoms with Crippen LogP contribution < -0.4 is 15.8 Å². The molecule has 0 atom stereocenters. The Morgan fingerprint density at radius 3 is 2.58 bits per heavy atom. The molecule has 24 heavy (non-hydrogen) atoms. The Labute approximate surface area is 139 Å². The van der Waals surface area contributed by atoms with Crippen molar-refractivity contribution in [2.24, 2.45) is 5.73 Å². The first-order chi connectivity index (χ1) is 11.8. The van der Waals surface area contributed by atoms with Crippen LogP contribution in [0.25, 0.3) is 11.1 Å². The molecule has 0 spiro atoms. The lowest BCUT2D eigenvalue weighted by Crippen LogP contribution is -2.23. The molecule has 0 aliphatic heterocycles. The third kappa shape index (κ3) is 3.74. The zero-order chi connectivity index (χ0) is 16.8. The topological polar surface area (TPSA) is 90.1 Å². The Morgan fingerprint density at radius 2 is 1.79 bits per heavy atom. The van der Waals surface area contributed by atoms with E-state index in [1.165, 1.54) is 6.20 Å². The van der Waals surface area contributed by atoms with E-state index >= 15 is 0 Å². The number of amides is 1. The Morgan fingerprint density at radius 1 is 1.04 bits per heavy atom. The van der Waals surface area contributed by atoms with Crippen LogP contribution in [0.3, 0.4) is 0 Å². The molecule has 6 heteroatoms. The van der Waals surface area contributed by atoms with Crippen LogP contribution in [0.15, 0.2) is 66.9 Å². The summed E-state index contributed by atoms with van der Waals surface area (Å²) >= 11 is 0. The van der Waals surface area contributed by atoms with Crippen molar-refractivity contribution in [3.8, 4) is 22.8 Å². The number of nitrogens with zero attached hydrogens (tertiary/aromatic N) is 2. The highest BCUT2D eigenvalue weighted by molar-refractivity contribution is 5.90. The molecular formula is C18H16N4O2. The lowest BCUT2D eigenvalue weighted by molar-refractivity contribution is -0.114. The van der Waals surface area contributed by atoms with E-state index < -0.39 is 0 Å². The average Bonchev–Trinajstić information content (AvgIpc) is 2.63. The van der Waals surface area contributed by atoms with Crippen LogP contribution in [0.4, 0.5) is 5.95 Å². The molecule has 0 saturated carbocycles. The number of ether oxygens (including phenoxy) is 1. The Balaban J connectivity index is 1.87. The van der Waals surface area contributed by atoms with E-state index in [-0.39, 0.29) is 18.4 Å². The molecule has 1 heterocycles. The number of para-hydroxylation sites is 1. The maximum Gasteiger partial charge on any atom is 0.240 e. The van der Waals surface area contributed by atoms with Crippen molar-refractivity contribution in [1.29, 1.82) is 0 Å². The number of aromatic nitrogens is 2. The van der Waals surface area contributed by atoms with Crippen LogP contribution in [-0.2, 0) is 4.79 Å². The zero-order valence-corrected chi connectivity index (χ0v) is 12.8. The van der Waals surface area contributed by atoms with Crippen LogP contribution in [0.5, 0.6) is 11.6 Å². The fourth-order valence-electron chi connectivity index (χ4n) is 2.16. The number of anilines is 1. The lowest BCUT2D eigenvalue weighted by Gasteiger charge is -2.11. The van der Waals surface area contributed by atoms with Crippen molar-refractivity contribution in [2.45, 2.75) is 0 Å². The summed E-state index contributed by atoms with van der Waals surface area (Å²) in [5.74, 6) is 0.788. The van der Waals surface area contributed by atoms with Crippen molar-refractivity contribution < 1.29 is 9.53 Å². The molecule has 0 bridgehead atoms. The van der Waals surface area contributed by atoms with Gasteiger partial charge in [-0.25, -0.2) is 4.98 Å². The molecule has 0 saturated heterocycles. The van der Waals surface area contributed by atoms with Gasteiger partial charge in [0.1, 0.15) is 5.75 Å². The largest absolute Gasteiger partial charge is 0.438 e. The minimum atomic E-state index is -0.364. The predicted molar refractivity (Wildman–Crippen MR) is 91.7 cm³/mol. The number of hydrogen-bond acceptors (Lipinski definition) is 5. The van der Waals surface area contributed by atoms with Gasteiger partial charge in [0.05, 0.1) is 6.54 Å². The molecule has 0 aliphatic rings. The van der Waals surface area contributed by atoms with E-state index in [0.717, 1.165) is 11.1 Å². The van der Waals surface area contributed by atoms with Gasteiger partial charge in [-0.15, -0.1) is 0 Å². The van der Waals surface area contributed by atoms with Crippen molar-refractivity contribution in [1.82, 2.24) is 9.97 Å². The minimum absolute atomic E-state index is 0.134. The summed E-state index contributed by atoms with van der Waals surface area (Å²) in [5.41, 5.74) is 7.26. The summed E-state index contributed by atoms with van der Waals surface area (Å²) in [6, 6.07) is 19.2. The molecule has 2 aromatic carbocycles. The van der Waals surface area contributed by atoms with Gasteiger partial charge in [0.2, 0.25) is 17.7 Å². The Bertz CT molecular complexity index is 837. The first-order valence-corrected chi connectivity index (χ1v) is 7.41. The predicted octanol–water partition coefficient (Wildman–Crippen LogP) is 2.83. The van der Waals surface area contributed by atoms with Crippen molar-refractivity contribution in [3.05, 3.63) is 66.9 Å². The fraction of sp³-hybridized carbons (Fsp3) is 0.0556. The van der Waals surface area contributed by atoms with Gasteiger partial charge < -0.3 is 10.5 Å². The molecule has 3 aromatic rings.